The molecule has 0 unspecified atom stereocenters. The molecule has 7 nitrogen and oxygen atoms in total. The standard InChI is InChI=1S/C15H16N4O3S/c1-2-15-17-12-8-10(5-6-14(12)22-15)23(20,21)19-7-3-4-11-13(19)9-16-18-11/h5-6,8-9H,2-4,7H2,1H3,(H,16,18). The van der Waals surface area contributed by atoms with Crippen LogP contribution < -0.4 is 4.31 Å². The number of aromatic nitrogens is 3. The van der Waals surface area contributed by atoms with Crippen LogP contribution in [0.4, 0.5) is 5.69 Å². The highest BCUT2D eigenvalue weighted by Crippen LogP contribution is 2.31. The average molecular weight is 332 g/mol. The number of benzene rings is 1. The Kier molecular flexibility index (Phi) is 3.15. The minimum atomic E-state index is -3.64. The number of nitrogens with one attached hydrogen (secondary N) is 1. The van der Waals surface area contributed by atoms with Gasteiger partial charge in [0.05, 0.1) is 22.5 Å². The van der Waals surface area contributed by atoms with Crippen LogP contribution >= 0.6 is 0 Å². The van der Waals surface area contributed by atoms with Crippen LogP contribution in [0.5, 0.6) is 0 Å². The van der Waals surface area contributed by atoms with Crippen molar-refractivity contribution >= 4 is 26.8 Å². The van der Waals surface area contributed by atoms with Crippen molar-refractivity contribution in [1.82, 2.24) is 15.2 Å². The topological polar surface area (TPSA) is 92.1 Å². The second-order valence-corrected chi connectivity index (χ2v) is 7.37. The Morgan fingerprint density at radius 1 is 1.39 bits per heavy atom. The Balaban J connectivity index is 1.80. The maximum Gasteiger partial charge on any atom is 0.264 e. The van der Waals surface area contributed by atoms with Gasteiger partial charge in [0.1, 0.15) is 5.52 Å². The second kappa shape index (κ2) is 5.09. The maximum absolute atomic E-state index is 13.0. The quantitative estimate of drug-likeness (QED) is 0.794. The van der Waals surface area contributed by atoms with Gasteiger partial charge in [-0.3, -0.25) is 9.40 Å². The zero-order valence-electron chi connectivity index (χ0n) is 12.6. The van der Waals surface area contributed by atoms with E-state index in [2.05, 4.69) is 15.2 Å². The summed E-state index contributed by atoms with van der Waals surface area (Å²) in [5, 5.41) is 6.84. The number of fused-ring (bicyclic) bond motifs is 2. The number of rotatable bonds is 3. The van der Waals surface area contributed by atoms with Crippen LogP contribution in [-0.4, -0.2) is 30.1 Å². The van der Waals surface area contributed by atoms with Crippen molar-refractivity contribution in [3.8, 4) is 0 Å². The van der Waals surface area contributed by atoms with Crippen molar-refractivity contribution in [1.29, 1.82) is 0 Å². The molecule has 23 heavy (non-hydrogen) atoms. The van der Waals surface area contributed by atoms with Gasteiger partial charge in [-0.05, 0) is 31.0 Å². The molecule has 8 heteroatoms. The summed E-state index contributed by atoms with van der Waals surface area (Å²) in [5.41, 5.74) is 2.65. The van der Waals surface area contributed by atoms with Gasteiger partial charge in [-0.15, -0.1) is 0 Å². The predicted molar refractivity (Wildman–Crippen MR) is 84.8 cm³/mol. The monoisotopic (exact) mass is 332 g/mol. The van der Waals surface area contributed by atoms with Gasteiger partial charge in [0, 0.05) is 13.0 Å². The minimum Gasteiger partial charge on any atom is -0.441 e. The summed E-state index contributed by atoms with van der Waals surface area (Å²) in [6.07, 6.45) is 3.81. The molecule has 0 bridgehead atoms. The third-order valence-electron chi connectivity index (χ3n) is 4.05. The van der Waals surface area contributed by atoms with Crippen LogP contribution in [0.25, 0.3) is 11.1 Å². The van der Waals surface area contributed by atoms with Crippen LogP contribution in [-0.2, 0) is 22.9 Å². The Bertz CT molecular complexity index is 974. The summed E-state index contributed by atoms with van der Waals surface area (Å²) < 4.78 is 32.9. The Morgan fingerprint density at radius 3 is 3.09 bits per heavy atom. The predicted octanol–water partition coefficient (Wildman–Crippen LogP) is 2.25. The van der Waals surface area contributed by atoms with Gasteiger partial charge >= 0.3 is 0 Å². The highest BCUT2D eigenvalue weighted by Gasteiger charge is 2.30. The van der Waals surface area contributed by atoms with Crippen LogP contribution in [0.15, 0.2) is 33.7 Å². The summed E-state index contributed by atoms with van der Waals surface area (Å²) >= 11 is 0. The summed E-state index contributed by atoms with van der Waals surface area (Å²) in [7, 11) is -3.64. The maximum atomic E-state index is 13.0. The molecule has 0 amide bonds. The number of hydrogen-bond donors (Lipinski definition) is 1. The van der Waals surface area contributed by atoms with E-state index in [1.165, 1.54) is 4.31 Å². The normalized spacial score (nSPS) is 15.1. The zero-order valence-corrected chi connectivity index (χ0v) is 13.4. The number of sulfonamides is 1. The molecule has 0 fully saturated rings. The van der Waals surface area contributed by atoms with E-state index in [9.17, 15) is 8.42 Å². The van der Waals surface area contributed by atoms with Crippen molar-refractivity contribution < 1.29 is 12.8 Å². The summed E-state index contributed by atoms with van der Waals surface area (Å²) in [4.78, 5) is 4.53. The lowest BCUT2D eigenvalue weighted by atomic mass is 10.1. The lowest BCUT2D eigenvalue weighted by Crippen LogP contribution is -2.35. The molecule has 3 heterocycles. The van der Waals surface area contributed by atoms with Crippen LogP contribution in [0, 0.1) is 0 Å². The first kappa shape index (κ1) is 14.3. The molecule has 1 aliphatic rings. The molecule has 0 saturated heterocycles. The van der Waals surface area contributed by atoms with Crippen LogP contribution in [0.1, 0.15) is 24.9 Å². The van der Waals surface area contributed by atoms with Crippen molar-refractivity contribution in [2.75, 3.05) is 10.8 Å². The van der Waals surface area contributed by atoms with E-state index >= 15 is 0 Å². The van der Waals surface area contributed by atoms with E-state index in [-0.39, 0.29) is 4.90 Å². The lowest BCUT2D eigenvalue weighted by Gasteiger charge is -2.27. The van der Waals surface area contributed by atoms with Gasteiger partial charge in [0.25, 0.3) is 10.0 Å². The van der Waals surface area contributed by atoms with E-state index in [0.29, 0.717) is 35.6 Å². The lowest BCUT2D eigenvalue weighted by molar-refractivity contribution is 0.538. The molecule has 120 valence electrons. The first-order chi connectivity index (χ1) is 11.1. The first-order valence-electron chi connectivity index (χ1n) is 7.54. The van der Waals surface area contributed by atoms with Gasteiger partial charge in [0.15, 0.2) is 11.5 Å². The third kappa shape index (κ3) is 2.21. The first-order valence-corrected chi connectivity index (χ1v) is 8.98. The van der Waals surface area contributed by atoms with Gasteiger partial charge < -0.3 is 4.42 Å². The molecular weight excluding hydrogens is 316 g/mol. The summed E-state index contributed by atoms with van der Waals surface area (Å²) in [6, 6.07) is 4.80. The van der Waals surface area contributed by atoms with Gasteiger partial charge in [-0.2, -0.15) is 5.10 Å². The van der Waals surface area contributed by atoms with Crippen molar-refractivity contribution in [3.05, 3.63) is 36.0 Å². The number of anilines is 1. The molecule has 0 atom stereocenters. The molecule has 3 aromatic rings. The third-order valence-corrected chi connectivity index (χ3v) is 5.86. The van der Waals surface area contributed by atoms with E-state index < -0.39 is 10.0 Å². The largest absolute Gasteiger partial charge is 0.441 e. The fourth-order valence-corrected chi connectivity index (χ4v) is 4.41. The second-order valence-electron chi connectivity index (χ2n) is 5.51. The zero-order chi connectivity index (χ0) is 16.0. The van der Waals surface area contributed by atoms with E-state index in [4.69, 9.17) is 4.42 Å². The average Bonchev–Trinajstić information content (AvgIpc) is 3.19. The number of aromatic amines is 1. The molecule has 1 aliphatic heterocycles. The molecule has 1 aromatic carbocycles. The highest BCUT2D eigenvalue weighted by molar-refractivity contribution is 7.92. The minimum absolute atomic E-state index is 0.218. The Hall–Kier alpha value is -2.35. The fraction of sp³-hybridized carbons (Fsp3) is 0.333. The van der Waals surface area contributed by atoms with Crippen LogP contribution in [0.3, 0.4) is 0 Å². The van der Waals surface area contributed by atoms with Crippen LogP contribution in [0.2, 0.25) is 0 Å². The van der Waals surface area contributed by atoms with Crippen molar-refractivity contribution in [2.24, 2.45) is 0 Å². The number of nitrogens with zero attached hydrogens (tertiary/aromatic N) is 3. The van der Waals surface area contributed by atoms with E-state index in [1.807, 2.05) is 6.92 Å². The van der Waals surface area contributed by atoms with Crippen molar-refractivity contribution in [3.63, 3.8) is 0 Å². The molecule has 1 N–H and O–H groups in total. The van der Waals surface area contributed by atoms with Gasteiger partial charge in [-0.25, -0.2) is 13.4 Å². The molecule has 0 radical (unpaired) electrons. The molecular formula is C15H16N4O3S. The van der Waals surface area contributed by atoms with E-state index in [1.54, 1.807) is 24.4 Å². The molecule has 0 spiro atoms. The number of H-pyrrole nitrogens is 1. The molecule has 2 aromatic heterocycles. The Morgan fingerprint density at radius 2 is 2.26 bits per heavy atom. The smallest absolute Gasteiger partial charge is 0.264 e. The van der Waals surface area contributed by atoms with Crippen molar-refractivity contribution in [2.45, 2.75) is 31.1 Å². The molecule has 0 aliphatic carbocycles. The Labute approximate surface area is 133 Å². The summed E-state index contributed by atoms with van der Waals surface area (Å²) in [6.45, 7) is 2.39. The molecule has 4 rings (SSSR count). The number of oxazole rings is 1. The van der Waals surface area contributed by atoms with Gasteiger partial charge in [-0.1, -0.05) is 6.92 Å². The SMILES string of the molecule is CCc1nc2cc(S(=O)(=O)N3CCCc4[nH]ncc43)ccc2o1. The van der Waals surface area contributed by atoms with Gasteiger partial charge in [0.2, 0.25) is 0 Å². The fourth-order valence-electron chi connectivity index (χ4n) is 2.87. The summed E-state index contributed by atoms with van der Waals surface area (Å²) in [5.74, 6) is 0.602. The highest BCUT2D eigenvalue weighted by atomic mass is 32.2. The molecule has 0 saturated carbocycles. The number of hydrogen-bond acceptors (Lipinski definition) is 5. The van der Waals surface area contributed by atoms with E-state index in [0.717, 1.165) is 18.5 Å². The number of aryl methyl sites for hydroxylation is 2.